The molecule has 2 aromatic carbocycles. The maximum absolute atomic E-state index is 11.9. The molecule has 7 heteroatoms. The van der Waals surface area contributed by atoms with Gasteiger partial charge in [-0.2, -0.15) is 0 Å². The monoisotopic (exact) mass is 403 g/mol. The number of aromatic nitrogens is 1. The summed E-state index contributed by atoms with van der Waals surface area (Å²) in [6, 6.07) is 14.2. The van der Waals surface area contributed by atoms with E-state index in [0.29, 0.717) is 27.2 Å². The van der Waals surface area contributed by atoms with E-state index in [1.807, 2.05) is 24.3 Å². The molecule has 0 aliphatic rings. The summed E-state index contributed by atoms with van der Waals surface area (Å²) in [5.74, 6) is 0.586. The Hall–Kier alpha value is -2.76. The maximum atomic E-state index is 11.9. The number of hydrogen-bond donors (Lipinski definition) is 0. The molecule has 138 valence electrons. The molecule has 5 nitrogen and oxygen atoms in total. The van der Waals surface area contributed by atoms with Gasteiger partial charge in [-0.15, -0.1) is 0 Å². The van der Waals surface area contributed by atoms with Gasteiger partial charge in [-0.1, -0.05) is 46.6 Å². The van der Waals surface area contributed by atoms with E-state index in [-0.39, 0.29) is 6.61 Å². The molecule has 0 atom stereocenters. The lowest BCUT2D eigenvalue weighted by molar-refractivity contribution is -0.139. The molecule has 0 saturated heterocycles. The number of ether oxygens (including phenoxy) is 2. The number of para-hydroxylation sites is 1. The third-order valence-corrected chi connectivity index (χ3v) is 4.39. The molecule has 0 aliphatic carbocycles. The first kappa shape index (κ1) is 19.0. The van der Waals surface area contributed by atoms with Crippen LogP contribution in [0.25, 0.3) is 17.3 Å². The zero-order chi connectivity index (χ0) is 19.2. The molecule has 1 heterocycles. The molecular formula is C20H15Cl2NO4. The van der Waals surface area contributed by atoms with Crippen LogP contribution >= 0.6 is 23.2 Å². The summed E-state index contributed by atoms with van der Waals surface area (Å²) < 4.78 is 15.7. The zero-order valence-electron chi connectivity index (χ0n) is 14.3. The predicted molar refractivity (Wildman–Crippen MR) is 104 cm³/mol. The fourth-order valence-corrected chi connectivity index (χ4v) is 2.64. The molecule has 0 spiro atoms. The summed E-state index contributed by atoms with van der Waals surface area (Å²) in [6.45, 7) is -0.0350. The van der Waals surface area contributed by atoms with Gasteiger partial charge in [0.05, 0.1) is 17.2 Å². The van der Waals surface area contributed by atoms with Crippen LogP contribution in [0.15, 0.2) is 59.1 Å². The van der Waals surface area contributed by atoms with Crippen LogP contribution in [0.1, 0.15) is 11.3 Å². The Morgan fingerprint density at radius 1 is 1.15 bits per heavy atom. The highest BCUT2D eigenvalue weighted by atomic mass is 35.5. The van der Waals surface area contributed by atoms with Gasteiger partial charge in [-0.25, -0.2) is 4.79 Å². The number of benzene rings is 2. The van der Waals surface area contributed by atoms with Crippen LogP contribution in [0, 0.1) is 0 Å². The predicted octanol–water partition coefficient (Wildman–Crippen LogP) is 5.41. The van der Waals surface area contributed by atoms with Crippen LogP contribution < -0.4 is 4.74 Å². The molecule has 0 radical (unpaired) electrons. The maximum Gasteiger partial charge on any atom is 0.331 e. The van der Waals surface area contributed by atoms with Crippen LogP contribution in [0.5, 0.6) is 5.75 Å². The quantitative estimate of drug-likeness (QED) is 0.406. The van der Waals surface area contributed by atoms with E-state index in [1.165, 1.54) is 6.08 Å². The number of carbonyl (C=O) groups is 1. The van der Waals surface area contributed by atoms with Crippen molar-refractivity contribution in [3.05, 3.63) is 76.0 Å². The number of halogens is 2. The number of rotatable bonds is 6. The van der Waals surface area contributed by atoms with Gasteiger partial charge < -0.3 is 14.0 Å². The van der Waals surface area contributed by atoms with E-state index in [0.717, 1.165) is 11.1 Å². The van der Waals surface area contributed by atoms with Crippen LogP contribution in [-0.2, 0) is 16.1 Å². The fraction of sp³-hybridized carbons (Fsp3) is 0.100. The van der Waals surface area contributed by atoms with E-state index < -0.39 is 5.97 Å². The molecule has 0 fully saturated rings. The highest BCUT2D eigenvalue weighted by Gasteiger charge is 2.12. The van der Waals surface area contributed by atoms with Gasteiger partial charge in [-0.3, -0.25) is 0 Å². The summed E-state index contributed by atoms with van der Waals surface area (Å²) >= 11 is 11.8. The van der Waals surface area contributed by atoms with Crippen LogP contribution in [-0.4, -0.2) is 18.2 Å². The van der Waals surface area contributed by atoms with E-state index >= 15 is 0 Å². The molecule has 1 aromatic heterocycles. The van der Waals surface area contributed by atoms with E-state index in [4.69, 9.17) is 37.2 Å². The van der Waals surface area contributed by atoms with Gasteiger partial charge in [0, 0.05) is 17.7 Å². The van der Waals surface area contributed by atoms with Crippen molar-refractivity contribution in [2.45, 2.75) is 6.61 Å². The average Bonchev–Trinajstić information content (AvgIpc) is 3.16. The number of nitrogens with zero attached hydrogens (tertiary/aromatic N) is 1. The van der Waals surface area contributed by atoms with Gasteiger partial charge in [0.15, 0.2) is 12.4 Å². The van der Waals surface area contributed by atoms with E-state index in [2.05, 4.69) is 5.16 Å². The standard InChI is InChI=1S/C20H15Cl2NO4/c1-25-19-5-3-2-4-15(19)18-11-14(27-23-18)12-26-20(24)9-7-13-6-8-16(21)17(22)10-13/h2-11H,12H2,1H3. The first-order valence-corrected chi connectivity index (χ1v) is 8.71. The normalized spacial score (nSPS) is 10.9. The minimum Gasteiger partial charge on any atom is -0.496 e. The highest BCUT2D eigenvalue weighted by molar-refractivity contribution is 6.42. The van der Waals surface area contributed by atoms with Crippen molar-refractivity contribution < 1.29 is 18.8 Å². The molecule has 3 aromatic rings. The molecule has 0 saturated carbocycles. The first-order chi connectivity index (χ1) is 13.1. The Bertz CT molecular complexity index is 982. The van der Waals surface area contributed by atoms with Crippen LogP contribution in [0.2, 0.25) is 10.0 Å². The van der Waals surface area contributed by atoms with Crippen molar-refractivity contribution in [2.24, 2.45) is 0 Å². The third-order valence-electron chi connectivity index (χ3n) is 3.65. The summed E-state index contributed by atoms with van der Waals surface area (Å²) in [4.78, 5) is 11.9. The minimum absolute atomic E-state index is 0.0350. The third kappa shape index (κ3) is 4.90. The Kier molecular flexibility index (Phi) is 6.16. The van der Waals surface area contributed by atoms with Crippen molar-refractivity contribution in [2.75, 3.05) is 7.11 Å². The van der Waals surface area contributed by atoms with Gasteiger partial charge in [0.25, 0.3) is 0 Å². The van der Waals surface area contributed by atoms with Gasteiger partial charge in [0.1, 0.15) is 11.4 Å². The lowest BCUT2D eigenvalue weighted by atomic mass is 10.1. The molecular weight excluding hydrogens is 389 g/mol. The number of esters is 1. The van der Waals surface area contributed by atoms with E-state index in [1.54, 1.807) is 37.5 Å². The lowest BCUT2D eigenvalue weighted by Crippen LogP contribution is -1.99. The number of carbonyl (C=O) groups excluding carboxylic acids is 1. The molecule has 0 N–H and O–H groups in total. The Balaban J connectivity index is 1.60. The van der Waals surface area contributed by atoms with Crippen molar-refractivity contribution in [1.82, 2.24) is 5.16 Å². The second kappa shape index (κ2) is 8.75. The van der Waals surface area contributed by atoms with Gasteiger partial charge in [0.2, 0.25) is 0 Å². The summed E-state index contributed by atoms with van der Waals surface area (Å²) in [6.07, 6.45) is 2.89. The Morgan fingerprint density at radius 2 is 1.96 bits per heavy atom. The molecule has 0 aliphatic heterocycles. The van der Waals surface area contributed by atoms with Crippen LogP contribution in [0.3, 0.4) is 0 Å². The number of methoxy groups -OCH3 is 1. The summed E-state index contributed by atoms with van der Waals surface area (Å²) in [5, 5.41) is 4.86. The lowest BCUT2D eigenvalue weighted by Gasteiger charge is -2.03. The highest BCUT2D eigenvalue weighted by Crippen LogP contribution is 2.29. The average molecular weight is 404 g/mol. The molecule has 27 heavy (non-hydrogen) atoms. The summed E-state index contributed by atoms with van der Waals surface area (Å²) in [5.41, 5.74) is 2.13. The van der Waals surface area contributed by atoms with Crippen molar-refractivity contribution >= 4 is 35.2 Å². The van der Waals surface area contributed by atoms with Crippen molar-refractivity contribution in [3.63, 3.8) is 0 Å². The SMILES string of the molecule is COc1ccccc1-c1cc(COC(=O)C=Cc2ccc(Cl)c(Cl)c2)on1. The second-order valence-corrected chi connectivity index (χ2v) is 6.31. The minimum atomic E-state index is -0.517. The van der Waals surface area contributed by atoms with E-state index in [9.17, 15) is 4.79 Å². The van der Waals surface area contributed by atoms with Gasteiger partial charge >= 0.3 is 5.97 Å². The smallest absolute Gasteiger partial charge is 0.331 e. The number of hydrogen-bond acceptors (Lipinski definition) is 5. The second-order valence-electron chi connectivity index (χ2n) is 5.49. The molecule has 3 rings (SSSR count). The van der Waals surface area contributed by atoms with Crippen molar-refractivity contribution in [3.8, 4) is 17.0 Å². The Morgan fingerprint density at radius 3 is 2.74 bits per heavy atom. The molecule has 0 bridgehead atoms. The molecule has 0 unspecified atom stereocenters. The Labute approximate surface area is 166 Å². The summed E-state index contributed by atoms with van der Waals surface area (Å²) in [7, 11) is 1.59. The fourth-order valence-electron chi connectivity index (χ4n) is 2.33. The zero-order valence-corrected chi connectivity index (χ0v) is 15.8. The first-order valence-electron chi connectivity index (χ1n) is 7.95. The topological polar surface area (TPSA) is 61.6 Å². The van der Waals surface area contributed by atoms with Gasteiger partial charge in [-0.05, 0) is 35.9 Å². The van der Waals surface area contributed by atoms with Crippen molar-refractivity contribution in [1.29, 1.82) is 0 Å². The molecule has 0 amide bonds. The van der Waals surface area contributed by atoms with Crippen LogP contribution in [0.4, 0.5) is 0 Å². The largest absolute Gasteiger partial charge is 0.496 e.